The summed E-state index contributed by atoms with van der Waals surface area (Å²) in [4.78, 5) is 38.0. The van der Waals surface area contributed by atoms with Gasteiger partial charge in [0.25, 0.3) is 0 Å². The normalized spacial score (nSPS) is 15.0. The van der Waals surface area contributed by atoms with Gasteiger partial charge in [-0.3, -0.25) is 9.59 Å². The summed E-state index contributed by atoms with van der Waals surface area (Å²) in [7, 11) is 0. The average molecular weight is 468 g/mol. The number of hydrogen-bond donors (Lipinski definition) is 2. The minimum Gasteiger partial charge on any atom is -0.444 e. The molecule has 1 aliphatic rings. The molecule has 1 aromatic rings. The van der Waals surface area contributed by atoms with Gasteiger partial charge >= 0.3 is 6.09 Å². The summed E-state index contributed by atoms with van der Waals surface area (Å²) in [5, 5.41) is 5.66. The van der Waals surface area contributed by atoms with E-state index in [2.05, 4.69) is 26.6 Å². The van der Waals surface area contributed by atoms with E-state index < -0.39 is 11.7 Å². The number of ether oxygens (including phenoxy) is 1. The summed E-state index contributed by atoms with van der Waals surface area (Å²) < 4.78 is 6.07. The zero-order chi connectivity index (χ0) is 21.4. The Morgan fingerprint density at radius 2 is 1.83 bits per heavy atom. The first-order chi connectivity index (χ1) is 13.6. The lowest BCUT2D eigenvalue weighted by molar-refractivity contribution is -0.132. The molecule has 0 bridgehead atoms. The molecule has 8 heteroatoms. The third kappa shape index (κ3) is 8.43. The number of likely N-dealkylation sites (tertiary alicyclic amines) is 1. The first-order valence-electron chi connectivity index (χ1n) is 9.91. The van der Waals surface area contributed by atoms with Crippen LogP contribution in [0.25, 0.3) is 0 Å². The van der Waals surface area contributed by atoms with Crippen LogP contribution in [0.2, 0.25) is 0 Å². The predicted molar refractivity (Wildman–Crippen MR) is 114 cm³/mol. The number of rotatable bonds is 6. The topological polar surface area (TPSA) is 87.7 Å². The first kappa shape index (κ1) is 23.2. The molecule has 2 N–H and O–H groups in total. The van der Waals surface area contributed by atoms with E-state index in [1.54, 1.807) is 25.7 Å². The second-order valence-corrected chi connectivity index (χ2v) is 9.02. The molecule has 0 aliphatic carbocycles. The zero-order valence-corrected chi connectivity index (χ0v) is 18.9. The maximum atomic E-state index is 12.3. The van der Waals surface area contributed by atoms with Gasteiger partial charge < -0.3 is 20.3 Å². The Bertz CT molecular complexity index is 725. The summed E-state index contributed by atoms with van der Waals surface area (Å²) >= 11 is 3.46. The number of benzene rings is 1. The van der Waals surface area contributed by atoms with Gasteiger partial charge in [0, 0.05) is 36.6 Å². The number of carbonyl (C=O) groups excluding carboxylic acids is 3. The van der Waals surface area contributed by atoms with Crippen LogP contribution in [0.1, 0.15) is 45.6 Å². The van der Waals surface area contributed by atoms with Crippen LogP contribution in [0.4, 0.5) is 4.79 Å². The van der Waals surface area contributed by atoms with Crippen LogP contribution in [0, 0.1) is 0 Å². The molecule has 1 aromatic carbocycles. The quantitative estimate of drug-likeness (QED) is 0.672. The van der Waals surface area contributed by atoms with Gasteiger partial charge in [0.2, 0.25) is 11.8 Å². The zero-order valence-electron chi connectivity index (χ0n) is 17.3. The molecule has 0 radical (unpaired) electrons. The van der Waals surface area contributed by atoms with Crippen molar-refractivity contribution in [2.24, 2.45) is 0 Å². The second-order valence-electron chi connectivity index (χ2n) is 8.17. The Hall–Kier alpha value is -2.09. The first-order valence-corrected chi connectivity index (χ1v) is 10.7. The number of nitrogens with zero attached hydrogens (tertiary/aromatic N) is 1. The van der Waals surface area contributed by atoms with E-state index >= 15 is 0 Å². The highest BCUT2D eigenvalue weighted by molar-refractivity contribution is 9.10. The standard InChI is InChI=1S/C21H30BrN3O4/c1-21(2,3)29-20(28)23-11-8-19(27)25-12-9-16(10-13-25)24-18(26)14-15-6-4-5-7-17(15)22/h4-7,16H,8-14H2,1-3H3,(H,23,28)(H,24,26). The lowest BCUT2D eigenvalue weighted by atomic mass is 10.0. The summed E-state index contributed by atoms with van der Waals surface area (Å²) in [6.45, 7) is 6.82. The Morgan fingerprint density at radius 1 is 1.17 bits per heavy atom. The lowest BCUT2D eigenvalue weighted by Crippen LogP contribution is -2.47. The fourth-order valence-electron chi connectivity index (χ4n) is 3.11. The third-order valence-electron chi connectivity index (χ3n) is 4.53. The van der Waals surface area contributed by atoms with E-state index in [-0.39, 0.29) is 30.8 Å². The summed E-state index contributed by atoms with van der Waals surface area (Å²) in [5.74, 6) is -0.0118. The number of carbonyl (C=O) groups is 3. The maximum absolute atomic E-state index is 12.3. The number of hydrogen-bond acceptors (Lipinski definition) is 4. The highest BCUT2D eigenvalue weighted by Gasteiger charge is 2.24. The van der Waals surface area contributed by atoms with E-state index in [1.165, 1.54) is 0 Å². The van der Waals surface area contributed by atoms with Gasteiger partial charge in [-0.2, -0.15) is 0 Å². The van der Waals surface area contributed by atoms with Crippen molar-refractivity contribution in [1.29, 1.82) is 0 Å². The largest absolute Gasteiger partial charge is 0.444 e. The molecule has 1 heterocycles. The van der Waals surface area contributed by atoms with E-state index in [0.29, 0.717) is 19.5 Å². The van der Waals surface area contributed by atoms with Crippen molar-refractivity contribution in [1.82, 2.24) is 15.5 Å². The molecule has 29 heavy (non-hydrogen) atoms. The van der Waals surface area contributed by atoms with Gasteiger partial charge in [-0.1, -0.05) is 34.1 Å². The molecule has 7 nitrogen and oxygen atoms in total. The summed E-state index contributed by atoms with van der Waals surface area (Å²) in [5.41, 5.74) is 0.395. The Labute approximate surface area is 180 Å². The number of alkyl carbamates (subject to hydrolysis) is 1. The van der Waals surface area contributed by atoms with Crippen LogP contribution in [-0.2, 0) is 20.7 Å². The molecule has 1 fully saturated rings. The van der Waals surface area contributed by atoms with Gasteiger partial charge in [0.05, 0.1) is 6.42 Å². The van der Waals surface area contributed by atoms with Gasteiger partial charge in [-0.05, 0) is 45.2 Å². The second kappa shape index (κ2) is 10.6. The minimum absolute atomic E-state index is 0.000878. The fourth-order valence-corrected chi connectivity index (χ4v) is 3.54. The molecule has 0 unspecified atom stereocenters. The number of nitrogens with one attached hydrogen (secondary N) is 2. The van der Waals surface area contributed by atoms with Crippen LogP contribution in [0.3, 0.4) is 0 Å². The SMILES string of the molecule is CC(C)(C)OC(=O)NCCC(=O)N1CCC(NC(=O)Cc2ccccc2Br)CC1. The monoisotopic (exact) mass is 467 g/mol. The minimum atomic E-state index is -0.559. The smallest absolute Gasteiger partial charge is 0.407 e. The third-order valence-corrected chi connectivity index (χ3v) is 5.30. The van der Waals surface area contributed by atoms with Crippen LogP contribution < -0.4 is 10.6 Å². The van der Waals surface area contributed by atoms with Crippen molar-refractivity contribution in [3.05, 3.63) is 34.3 Å². The van der Waals surface area contributed by atoms with E-state index in [1.807, 2.05) is 24.3 Å². The number of piperidine rings is 1. The van der Waals surface area contributed by atoms with Crippen LogP contribution in [0.15, 0.2) is 28.7 Å². The molecule has 160 valence electrons. The van der Waals surface area contributed by atoms with Gasteiger partial charge in [-0.15, -0.1) is 0 Å². The molecule has 0 spiro atoms. The molecule has 0 saturated carbocycles. The van der Waals surface area contributed by atoms with Crippen LogP contribution in [-0.4, -0.2) is 54.1 Å². The van der Waals surface area contributed by atoms with Crippen molar-refractivity contribution in [3.8, 4) is 0 Å². The van der Waals surface area contributed by atoms with E-state index in [9.17, 15) is 14.4 Å². The Morgan fingerprint density at radius 3 is 2.45 bits per heavy atom. The van der Waals surface area contributed by atoms with Gasteiger partial charge in [0.15, 0.2) is 0 Å². The van der Waals surface area contributed by atoms with E-state index in [0.717, 1.165) is 22.9 Å². The fraction of sp³-hybridized carbons (Fsp3) is 0.571. The van der Waals surface area contributed by atoms with E-state index in [4.69, 9.17) is 4.74 Å². The molecule has 1 saturated heterocycles. The Balaban J connectivity index is 1.66. The highest BCUT2D eigenvalue weighted by atomic mass is 79.9. The van der Waals surface area contributed by atoms with Crippen LogP contribution in [0.5, 0.6) is 0 Å². The molecule has 0 aromatic heterocycles. The molecule has 1 aliphatic heterocycles. The summed E-state index contributed by atoms with van der Waals surface area (Å²) in [6.07, 6.45) is 1.51. The van der Waals surface area contributed by atoms with Crippen molar-refractivity contribution >= 4 is 33.8 Å². The Kier molecular flexibility index (Phi) is 8.49. The van der Waals surface area contributed by atoms with Gasteiger partial charge in [-0.25, -0.2) is 4.79 Å². The highest BCUT2D eigenvalue weighted by Crippen LogP contribution is 2.17. The number of halogens is 1. The molecular formula is C21H30BrN3O4. The molecule has 2 rings (SSSR count). The average Bonchev–Trinajstić information content (AvgIpc) is 2.62. The van der Waals surface area contributed by atoms with Crippen molar-refractivity contribution < 1.29 is 19.1 Å². The predicted octanol–water partition coefficient (Wildman–Crippen LogP) is 3.01. The maximum Gasteiger partial charge on any atom is 0.407 e. The van der Waals surface area contributed by atoms with Crippen molar-refractivity contribution in [3.63, 3.8) is 0 Å². The molecule has 0 atom stereocenters. The molecule has 3 amide bonds. The summed E-state index contributed by atoms with van der Waals surface area (Å²) in [6, 6.07) is 7.76. The van der Waals surface area contributed by atoms with Crippen LogP contribution >= 0.6 is 15.9 Å². The van der Waals surface area contributed by atoms with Crippen molar-refractivity contribution in [2.75, 3.05) is 19.6 Å². The molecular weight excluding hydrogens is 438 g/mol. The van der Waals surface area contributed by atoms with Crippen molar-refractivity contribution in [2.45, 2.75) is 58.1 Å². The van der Waals surface area contributed by atoms with Gasteiger partial charge in [0.1, 0.15) is 5.60 Å². The number of amides is 3. The lowest BCUT2D eigenvalue weighted by Gasteiger charge is -2.32.